The minimum absolute atomic E-state index is 0.0282. The van der Waals surface area contributed by atoms with E-state index in [4.69, 9.17) is 0 Å². The standard InChI is InChI=1S/C12H16N8O/c1-13-10-16-11(19-6-2-4-14-9(21)8-19)18-12(17-10)20-7-3-5-15-20/h3,5,7H,2,4,6,8H2,1H3,(H,14,21)(H,13,16,17,18). The van der Waals surface area contributed by atoms with E-state index in [-0.39, 0.29) is 12.5 Å². The average molecular weight is 288 g/mol. The monoisotopic (exact) mass is 288 g/mol. The number of carbonyl (C=O) groups excluding carboxylic acids is 1. The summed E-state index contributed by atoms with van der Waals surface area (Å²) in [4.78, 5) is 26.5. The molecule has 2 aromatic rings. The quantitative estimate of drug-likeness (QED) is 0.779. The molecule has 2 aromatic heterocycles. The summed E-state index contributed by atoms with van der Waals surface area (Å²) < 4.78 is 1.56. The highest BCUT2D eigenvalue weighted by Crippen LogP contribution is 2.14. The van der Waals surface area contributed by atoms with Gasteiger partial charge in [-0.2, -0.15) is 20.1 Å². The molecule has 0 bridgehead atoms. The summed E-state index contributed by atoms with van der Waals surface area (Å²) in [5.74, 6) is 1.30. The van der Waals surface area contributed by atoms with Crippen molar-refractivity contribution in [2.45, 2.75) is 6.42 Å². The Hall–Kier alpha value is -2.71. The normalized spacial score (nSPS) is 15.5. The summed E-state index contributed by atoms with van der Waals surface area (Å²) in [5, 5.41) is 9.86. The summed E-state index contributed by atoms with van der Waals surface area (Å²) in [6, 6.07) is 1.79. The number of hydrogen-bond acceptors (Lipinski definition) is 7. The van der Waals surface area contributed by atoms with Crippen LogP contribution in [0.4, 0.5) is 11.9 Å². The maximum Gasteiger partial charge on any atom is 0.257 e. The molecule has 0 radical (unpaired) electrons. The van der Waals surface area contributed by atoms with Crippen LogP contribution >= 0.6 is 0 Å². The van der Waals surface area contributed by atoms with E-state index in [0.29, 0.717) is 30.9 Å². The molecule has 110 valence electrons. The summed E-state index contributed by atoms with van der Waals surface area (Å²) in [5.41, 5.74) is 0. The number of aromatic nitrogens is 5. The van der Waals surface area contributed by atoms with Crippen molar-refractivity contribution in [1.29, 1.82) is 0 Å². The molecule has 1 amide bonds. The summed E-state index contributed by atoms with van der Waals surface area (Å²) in [7, 11) is 1.74. The molecule has 0 aliphatic carbocycles. The molecule has 0 aromatic carbocycles. The Balaban J connectivity index is 1.97. The van der Waals surface area contributed by atoms with Gasteiger partial charge in [0.05, 0.1) is 6.54 Å². The zero-order chi connectivity index (χ0) is 14.7. The lowest BCUT2D eigenvalue weighted by molar-refractivity contribution is -0.119. The van der Waals surface area contributed by atoms with Crippen LogP contribution in [-0.4, -0.2) is 57.3 Å². The van der Waals surface area contributed by atoms with E-state index in [0.717, 1.165) is 6.42 Å². The largest absolute Gasteiger partial charge is 0.357 e. The number of nitrogens with zero attached hydrogens (tertiary/aromatic N) is 6. The topological polar surface area (TPSA) is 101 Å². The molecule has 1 aliphatic heterocycles. The average Bonchev–Trinajstić information content (AvgIpc) is 2.96. The van der Waals surface area contributed by atoms with E-state index in [1.54, 1.807) is 30.2 Å². The Kier molecular flexibility index (Phi) is 3.63. The van der Waals surface area contributed by atoms with Crippen LogP contribution in [0.5, 0.6) is 0 Å². The second kappa shape index (κ2) is 5.73. The Bertz CT molecular complexity index is 626. The van der Waals surface area contributed by atoms with E-state index in [1.165, 1.54) is 0 Å². The Morgan fingerprint density at radius 3 is 2.90 bits per heavy atom. The molecular weight excluding hydrogens is 272 g/mol. The van der Waals surface area contributed by atoms with Crippen molar-refractivity contribution in [3.8, 4) is 5.95 Å². The van der Waals surface area contributed by atoms with E-state index in [2.05, 4.69) is 30.7 Å². The Morgan fingerprint density at radius 2 is 2.14 bits per heavy atom. The zero-order valence-electron chi connectivity index (χ0n) is 11.7. The molecule has 1 aliphatic rings. The van der Waals surface area contributed by atoms with E-state index < -0.39 is 0 Å². The third-order valence-corrected chi connectivity index (χ3v) is 3.09. The van der Waals surface area contributed by atoms with Crippen molar-refractivity contribution in [3.63, 3.8) is 0 Å². The number of rotatable bonds is 3. The van der Waals surface area contributed by atoms with Gasteiger partial charge in [0, 0.05) is 32.5 Å². The Labute approximate surface area is 121 Å². The smallest absolute Gasteiger partial charge is 0.257 e. The van der Waals surface area contributed by atoms with Crippen LogP contribution in [-0.2, 0) is 4.79 Å². The summed E-state index contributed by atoms with van der Waals surface area (Å²) in [6.07, 6.45) is 4.26. The van der Waals surface area contributed by atoms with E-state index in [1.807, 2.05) is 4.90 Å². The lowest BCUT2D eigenvalue weighted by Gasteiger charge is -2.19. The van der Waals surface area contributed by atoms with Gasteiger partial charge in [0.2, 0.25) is 17.8 Å². The van der Waals surface area contributed by atoms with Gasteiger partial charge < -0.3 is 15.5 Å². The van der Waals surface area contributed by atoms with Crippen LogP contribution in [0.15, 0.2) is 18.5 Å². The summed E-state index contributed by atoms with van der Waals surface area (Å²) in [6.45, 7) is 1.63. The van der Waals surface area contributed by atoms with Gasteiger partial charge >= 0.3 is 0 Å². The van der Waals surface area contributed by atoms with Crippen molar-refractivity contribution in [2.24, 2.45) is 0 Å². The predicted molar refractivity (Wildman–Crippen MR) is 76.3 cm³/mol. The van der Waals surface area contributed by atoms with Crippen LogP contribution in [0.25, 0.3) is 5.95 Å². The molecule has 0 saturated carbocycles. The number of anilines is 2. The molecule has 0 unspecified atom stereocenters. The lowest BCUT2D eigenvalue weighted by Crippen LogP contribution is -2.34. The lowest BCUT2D eigenvalue weighted by atomic mass is 10.4. The maximum atomic E-state index is 11.7. The van der Waals surface area contributed by atoms with Crippen molar-refractivity contribution in [2.75, 3.05) is 36.9 Å². The first-order chi connectivity index (χ1) is 10.3. The van der Waals surface area contributed by atoms with Crippen molar-refractivity contribution in [3.05, 3.63) is 18.5 Å². The molecule has 2 N–H and O–H groups in total. The molecule has 3 rings (SSSR count). The van der Waals surface area contributed by atoms with Gasteiger partial charge in [-0.15, -0.1) is 0 Å². The van der Waals surface area contributed by atoms with Gasteiger partial charge in [0.15, 0.2) is 0 Å². The fourth-order valence-corrected chi connectivity index (χ4v) is 2.07. The number of nitrogens with one attached hydrogen (secondary N) is 2. The van der Waals surface area contributed by atoms with Crippen LogP contribution in [0.3, 0.4) is 0 Å². The Morgan fingerprint density at radius 1 is 1.29 bits per heavy atom. The van der Waals surface area contributed by atoms with E-state index in [9.17, 15) is 4.79 Å². The second-order valence-electron chi connectivity index (χ2n) is 4.58. The van der Waals surface area contributed by atoms with Gasteiger partial charge in [-0.1, -0.05) is 0 Å². The fraction of sp³-hybridized carbons (Fsp3) is 0.417. The van der Waals surface area contributed by atoms with Crippen molar-refractivity contribution < 1.29 is 4.79 Å². The highest BCUT2D eigenvalue weighted by Gasteiger charge is 2.19. The molecular formula is C12H16N8O. The van der Waals surface area contributed by atoms with E-state index >= 15 is 0 Å². The molecule has 0 atom stereocenters. The predicted octanol–water partition coefficient (Wildman–Crippen LogP) is -0.575. The maximum absolute atomic E-state index is 11.7. The zero-order valence-corrected chi connectivity index (χ0v) is 11.7. The van der Waals surface area contributed by atoms with Gasteiger partial charge in [-0.3, -0.25) is 4.79 Å². The first kappa shape index (κ1) is 13.3. The molecule has 3 heterocycles. The molecule has 9 nitrogen and oxygen atoms in total. The highest BCUT2D eigenvalue weighted by molar-refractivity contribution is 5.81. The summed E-state index contributed by atoms with van der Waals surface area (Å²) >= 11 is 0. The minimum atomic E-state index is -0.0282. The van der Waals surface area contributed by atoms with Crippen molar-refractivity contribution >= 4 is 17.8 Å². The first-order valence-electron chi connectivity index (χ1n) is 6.72. The molecule has 1 fully saturated rings. The van der Waals surface area contributed by atoms with Gasteiger partial charge in [-0.05, 0) is 12.5 Å². The fourth-order valence-electron chi connectivity index (χ4n) is 2.07. The third-order valence-electron chi connectivity index (χ3n) is 3.09. The number of carbonyl (C=O) groups is 1. The van der Waals surface area contributed by atoms with Crippen LogP contribution in [0.1, 0.15) is 6.42 Å². The molecule has 1 saturated heterocycles. The molecule has 9 heteroatoms. The van der Waals surface area contributed by atoms with Crippen molar-refractivity contribution in [1.82, 2.24) is 30.0 Å². The first-order valence-corrected chi connectivity index (χ1v) is 6.72. The second-order valence-corrected chi connectivity index (χ2v) is 4.58. The van der Waals surface area contributed by atoms with Gasteiger partial charge in [0.25, 0.3) is 5.95 Å². The van der Waals surface area contributed by atoms with Gasteiger partial charge in [0.1, 0.15) is 0 Å². The molecule has 0 spiro atoms. The molecule has 21 heavy (non-hydrogen) atoms. The third kappa shape index (κ3) is 2.91. The van der Waals surface area contributed by atoms with Crippen LogP contribution in [0, 0.1) is 0 Å². The van der Waals surface area contributed by atoms with Crippen LogP contribution < -0.4 is 15.5 Å². The number of hydrogen-bond donors (Lipinski definition) is 2. The number of amides is 1. The minimum Gasteiger partial charge on any atom is -0.357 e. The highest BCUT2D eigenvalue weighted by atomic mass is 16.2. The van der Waals surface area contributed by atoms with Gasteiger partial charge in [-0.25, -0.2) is 4.68 Å². The SMILES string of the molecule is CNc1nc(N2CCCNC(=O)C2)nc(-n2cccn2)n1. The van der Waals surface area contributed by atoms with Crippen LogP contribution in [0.2, 0.25) is 0 Å².